The van der Waals surface area contributed by atoms with Crippen LogP contribution in [0.5, 0.6) is 0 Å². The molecule has 1 aliphatic rings. The molecule has 0 atom stereocenters. The van der Waals surface area contributed by atoms with Gasteiger partial charge in [-0.25, -0.2) is 0 Å². The lowest BCUT2D eigenvalue weighted by Gasteiger charge is -2.07. The number of benzene rings is 3. The fraction of sp³-hybridized carbons (Fsp3) is 0.0870. The maximum atomic E-state index is 11.9. The summed E-state index contributed by atoms with van der Waals surface area (Å²) < 4.78 is 2.73. The first-order valence-electron chi connectivity index (χ1n) is 9.28. The molecule has 3 aromatic carbocycles. The van der Waals surface area contributed by atoms with E-state index in [1.807, 2.05) is 12.1 Å². The maximum Gasteiger partial charge on any atom is 0.259 e. The van der Waals surface area contributed by atoms with Crippen LogP contribution in [0.3, 0.4) is 0 Å². The van der Waals surface area contributed by atoms with E-state index in [1.165, 1.54) is 33.1 Å². The van der Waals surface area contributed by atoms with Crippen molar-refractivity contribution in [2.45, 2.75) is 6.54 Å². The van der Waals surface area contributed by atoms with Crippen molar-refractivity contribution in [1.29, 1.82) is 0 Å². The molecule has 1 saturated heterocycles. The lowest BCUT2D eigenvalue weighted by molar-refractivity contribution is -0.123. The van der Waals surface area contributed by atoms with Gasteiger partial charge in [0.15, 0.2) is 4.32 Å². The van der Waals surface area contributed by atoms with Crippen molar-refractivity contribution >= 4 is 62.1 Å². The highest BCUT2D eigenvalue weighted by Gasteiger charge is 2.26. The van der Waals surface area contributed by atoms with Crippen LogP contribution in [0.4, 0.5) is 0 Å². The van der Waals surface area contributed by atoms with Gasteiger partial charge in [-0.3, -0.25) is 4.79 Å². The predicted octanol–water partition coefficient (Wildman–Crippen LogP) is 5.04. The summed E-state index contributed by atoms with van der Waals surface area (Å²) >= 11 is 6.56. The molecule has 0 spiro atoms. The molecule has 1 fully saturated rings. The van der Waals surface area contributed by atoms with Crippen molar-refractivity contribution in [2.75, 3.05) is 5.75 Å². The number of amides is 1. The minimum Gasteiger partial charge on any atom is -0.342 e. The van der Waals surface area contributed by atoms with E-state index in [-0.39, 0.29) is 5.91 Å². The molecule has 0 saturated carbocycles. The third-order valence-electron chi connectivity index (χ3n) is 5.03. The normalized spacial score (nSPS) is 14.7. The Hall–Kier alpha value is -2.96. The summed E-state index contributed by atoms with van der Waals surface area (Å²) in [4.78, 5) is 11.9. The molecule has 0 aliphatic carbocycles. The van der Waals surface area contributed by atoms with Crippen molar-refractivity contribution in [3.05, 3.63) is 84.1 Å². The summed E-state index contributed by atoms with van der Waals surface area (Å²) in [5.74, 6) is 0.288. The minimum absolute atomic E-state index is 0.0730. The summed E-state index contributed by atoms with van der Waals surface area (Å²) in [6, 6.07) is 23.2. The Morgan fingerprint density at radius 3 is 2.66 bits per heavy atom. The van der Waals surface area contributed by atoms with E-state index >= 15 is 0 Å². The van der Waals surface area contributed by atoms with Crippen LogP contribution in [-0.2, 0) is 11.3 Å². The number of rotatable bonds is 4. The van der Waals surface area contributed by atoms with E-state index < -0.39 is 0 Å². The molecular weight excluding hydrogens is 398 g/mol. The van der Waals surface area contributed by atoms with Crippen LogP contribution in [-0.4, -0.2) is 31.8 Å². The van der Waals surface area contributed by atoms with Crippen molar-refractivity contribution in [1.82, 2.24) is 9.58 Å². The molecule has 1 aliphatic heterocycles. The smallest absolute Gasteiger partial charge is 0.259 e. The minimum atomic E-state index is -0.0730. The van der Waals surface area contributed by atoms with Gasteiger partial charge in [-0.1, -0.05) is 78.6 Å². The van der Waals surface area contributed by atoms with Crippen LogP contribution >= 0.6 is 24.0 Å². The number of carbonyl (C=O) groups is 1. The van der Waals surface area contributed by atoms with E-state index in [2.05, 4.69) is 70.5 Å². The first-order valence-corrected chi connectivity index (χ1v) is 10.7. The van der Waals surface area contributed by atoms with Gasteiger partial charge in [-0.2, -0.15) is 10.1 Å². The quantitative estimate of drug-likeness (QED) is 0.346. The third kappa shape index (κ3) is 3.45. The van der Waals surface area contributed by atoms with Gasteiger partial charge in [0.25, 0.3) is 5.91 Å². The number of aromatic nitrogens is 1. The Kier molecular flexibility index (Phi) is 4.66. The fourth-order valence-corrected chi connectivity index (χ4v) is 4.59. The molecule has 0 unspecified atom stereocenters. The predicted molar refractivity (Wildman–Crippen MR) is 124 cm³/mol. The fourth-order valence-electron chi connectivity index (χ4n) is 3.62. The standard InChI is InChI=1S/C23H17N3OS2/c27-22-15-29-23(28)26(22)24-12-19-14-25(21-8-4-3-7-20(19)21)13-16-9-10-17-5-1-2-6-18(17)11-16/h1-12,14H,13,15H2/b24-12-. The summed E-state index contributed by atoms with van der Waals surface area (Å²) in [6.45, 7) is 0.760. The molecule has 5 rings (SSSR count). The molecule has 1 aromatic heterocycles. The van der Waals surface area contributed by atoms with Crippen LogP contribution in [0.1, 0.15) is 11.1 Å². The van der Waals surface area contributed by atoms with Gasteiger partial charge in [-0.05, 0) is 28.5 Å². The lowest BCUT2D eigenvalue weighted by atomic mass is 10.1. The number of thiocarbonyl (C=S) groups is 1. The van der Waals surface area contributed by atoms with E-state index in [0.29, 0.717) is 10.1 Å². The zero-order valence-electron chi connectivity index (χ0n) is 15.5. The van der Waals surface area contributed by atoms with Crippen molar-refractivity contribution in [3.8, 4) is 0 Å². The number of thioether (sulfide) groups is 1. The molecule has 2 heterocycles. The second-order valence-corrected chi connectivity index (χ2v) is 8.52. The van der Waals surface area contributed by atoms with Crippen LogP contribution < -0.4 is 0 Å². The molecule has 1 amide bonds. The molecule has 4 nitrogen and oxygen atoms in total. The number of para-hydroxylation sites is 1. The zero-order valence-corrected chi connectivity index (χ0v) is 17.1. The van der Waals surface area contributed by atoms with E-state index in [9.17, 15) is 4.79 Å². The van der Waals surface area contributed by atoms with Gasteiger partial charge in [-0.15, -0.1) is 0 Å². The number of carbonyl (C=O) groups excluding carboxylic acids is 1. The molecule has 29 heavy (non-hydrogen) atoms. The van der Waals surface area contributed by atoms with Crippen molar-refractivity contribution < 1.29 is 4.79 Å². The largest absolute Gasteiger partial charge is 0.342 e. The monoisotopic (exact) mass is 415 g/mol. The van der Waals surface area contributed by atoms with Gasteiger partial charge < -0.3 is 4.57 Å². The molecule has 4 aromatic rings. The summed E-state index contributed by atoms with van der Waals surface area (Å²) in [6.07, 6.45) is 3.81. The average molecular weight is 416 g/mol. The summed E-state index contributed by atoms with van der Waals surface area (Å²) in [5, 5.41) is 9.24. The van der Waals surface area contributed by atoms with Gasteiger partial charge in [0.1, 0.15) is 0 Å². The highest BCUT2D eigenvalue weighted by atomic mass is 32.2. The van der Waals surface area contributed by atoms with Crippen LogP contribution in [0, 0.1) is 0 Å². The molecule has 0 N–H and O–H groups in total. The molecule has 0 bridgehead atoms. The lowest BCUT2D eigenvalue weighted by Crippen LogP contribution is -2.22. The topological polar surface area (TPSA) is 37.6 Å². The molecular formula is C23H17N3OS2. The van der Waals surface area contributed by atoms with Crippen LogP contribution in [0.25, 0.3) is 21.7 Å². The highest BCUT2D eigenvalue weighted by Crippen LogP contribution is 2.24. The molecule has 142 valence electrons. The number of fused-ring (bicyclic) bond motifs is 2. The third-order valence-corrected chi connectivity index (χ3v) is 6.36. The van der Waals surface area contributed by atoms with Crippen LogP contribution in [0.2, 0.25) is 0 Å². The van der Waals surface area contributed by atoms with Crippen molar-refractivity contribution in [2.24, 2.45) is 5.10 Å². The zero-order chi connectivity index (χ0) is 19.8. The maximum absolute atomic E-state index is 11.9. The van der Waals surface area contributed by atoms with Crippen molar-refractivity contribution in [3.63, 3.8) is 0 Å². The van der Waals surface area contributed by atoms with E-state index in [0.717, 1.165) is 23.0 Å². The Labute approximate surface area is 177 Å². The second kappa shape index (κ2) is 7.46. The number of hydrogen-bond donors (Lipinski definition) is 0. The Morgan fingerprint density at radius 2 is 1.83 bits per heavy atom. The summed E-state index contributed by atoms with van der Waals surface area (Å²) in [5.41, 5.74) is 3.33. The first-order chi connectivity index (χ1) is 14.2. The SMILES string of the molecule is O=C1CSC(=S)N1/N=C\c1cn(Cc2ccc3ccccc3c2)c2ccccc12. The Bertz CT molecular complexity index is 1280. The average Bonchev–Trinajstić information content (AvgIpc) is 3.26. The van der Waals surface area contributed by atoms with Gasteiger partial charge in [0.05, 0.1) is 12.0 Å². The second-order valence-electron chi connectivity index (χ2n) is 6.92. The Morgan fingerprint density at radius 1 is 1.03 bits per heavy atom. The number of nitrogens with zero attached hydrogens (tertiary/aromatic N) is 3. The van der Waals surface area contributed by atoms with Gasteiger partial charge in [0.2, 0.25) is 0 Å². The molecule has 6 heteroatoms. The van der Waals surface area contributed by atoms with Gasteiger partial charge in [0, 0.05) is 29.2 Å². The first kappa shape index (κ1) is 18.1. The van der Waals surface area contributed by atoms with E-state index in [1.54, 1.807) is 6.21 Å². The number of hydrogen-bond acceptors (Lipinski definition) is 4. The molecule has 0 radical (unpaired) electrons. The number of hydrazone groups is 1. The van der Waals surface area contributed by atoms with Crippen LogP contribution in [0.15, 0.2) is 78.0 Å². The highest BCUT2D eigenvalue weighted by molar-refractivity contribution is 8.23. The summed E-state index contributed by atoms with van der Waals surface area (Å²) in [7, 11) is 0. The van der Waals surface area contributed by atoms with Gasteiger partial charge >= 0.3 is 0 Å². The van der Waals surface area contributed by atoms with E-state index in [4.69, 9.17) is 12.2 Å². The Balaban J connectivity index is 1.51.